The molecule has 1 aliphatic rings. The summed E-state index contributed by atoms with van der Waals surface area (Å²) in [5.41, 5.74) is 0.315. The molecular formula is C21H23F2N5OS. The summed E-state index contributed by atoms with van der Waals surface area (Å²) in [6, 6.07) is 8.91. The van der Waals surface area contributed by atoms with Crippen LogP contribution in [-0.2, 0) is 5.92 Å². The second-order valence-corrected chi connectivity index (χ2v) is 8.33. The lowest BCUT2D eigenvalue weighted by molar-refractivity contribution is 0.0380. The normalized spacial score (nSPS) is 19.5. The average Bonchev–Trinajstić information content (AvgIpc) is 3.15. The smallest absolute Gasteiger partial charge is 0.315 e. The number of nitrogens with one attached hydrogen (secondary N) is 2. The Bertz CT molecular complexity index is 990. The molecule has 9 heteroatoms. The second kappa shape index (κ2) is 8.61. The van der Waals surface area contributed by atoms with E-state index in [0.717, 1.165) is 18.5 Å². The van der Waals surface area contributed by atoms with Crippen LogP contribution in [-0.4, -0.2) is 32.2 Å². The summed E-state index contributed by atoms with van der Waals surface area (Å²) in [4.78, 5) is 12.9. The molecular weight excluding hydrogens is 408 g/mol. The molecule has 0 aliphatic heterocycles. The van der Waals surface area contributed by atoms with Crippen molar-refractivity contribution in [1.29, 1.82) is 0 Å². The van der Waals surface area contributed by atoms with Crippen molar-refractivity contribution in [3.63, 3.8) is 0 Å². The van der Waals surface area contributed by atoms with Crippen LogP contribution in [0.3, 0.4) is 0 Å². The Labute approximate surface area is 177 Å². The second-order valence-electron chi connectivity index (χ2n) is 7.47. The maximum Gasteiger partial charge on any atom is 0.315 e. The van der Waals surface area contributed by atoms with Crippen LogP contribution in [0.15, 0.2) is 41.8 Å². The molecule has 1 aromatic carbocycles. The average molecular weight is 432 g/mol. The fraction of sp³-hybridized carbons (Fsp3) is 0.381. The maximum atomic E-state index is 15.2. The number of nitrogens with zero attached hydrogens (tertiary/aromatic N) is 3. The van der Waals surface area contributed by atoms with Gasteiger partial charge in [-0.05, 0) is 32.6 Å². The lowest BCUT2D eigenvalue weighted by Gasteiger charge is -2.26. The van der Waals surface area contributed by atoms with Crippen LogP contribution >= 0.6 is 11.3 Å². The minimum absolute atomic E-state index is 0.0314. The van der Waals surface area contributed by atoms with Crippen molar-refractivity contribution in [1.82, 2.24) is 15.0 Å². The van der Waals surface area contributed by atoms with Gasteiger partial charge in [0.25, 0.3) is 0 Å². The van der Waals surface area contributed by atoms with Gasteiger partial charge in [-0.25, -0.2) is 9.97 Å². The zero-order valence-corrected chi connectivity index (χ0v) is 17.3. The number of aryl methyl sites for hydroxylation is 1. The molecule has 1 aliphatic carbocycles. The van der Waals surface area contributed by atoms with Crippen LogP contribution < -0.4 is 10.6 Å². The van der Waals surface area contributed by atoms with E-state index in [1.807, 2.05) is 12.3 Å². The third-order valence-corrected chi connectivity index (χ3v) is 5.94. The van der Waals surface area contributed by atoms with Gasteiger partial charge in [-0.2, -0.15) is 13.8 Å². The number of hydrogen-bond acceptors (Lipinski definition) is 7. The van der Waals surface area contributed by atoms with E-state index in [0.29, 0.717) is 18.0 Å². The number of benzene rings is 1. The molecule has 0 bridgehead atoms. The van der Waals surface area contributed by atoms with E-state index in [1.54, 1.807) is 18.2 Å². The molecule has 1 saturated carbocycles. The van der Waals surface area contributed by atoms with Gasteiger partial charge in [-0.1, -0.05) is 30.3 Å². The number of anilines is 3. The topological polar surface area (TPSA) is 83.0 Å². The van der Waals surface area contributed by atoms with Crippen molar-refractivity contribution in [2.75, 3.05) is 10.6 Å². The number of rotatable bonds is 6. The van der Waals surface area contributed by atoms with Crippen LogP contribution in [0, 0.1) is 6.92 Å². The Morgan fingerprint density at radius 2 is 1.80 bits per heavy atom. The van der Waals surface area contributed by atoms with Crippen molar-refractivity contribution in [2.24, 2.45) is 0 Å². The lowest BCUT2D eigenvalue weighted by Crippen LogP contribution is -2.29. The van der Waals surface area contributed by atoms with E-state index in [4.69, 9.17) is 0 Å². The van der Waals surface area contributed by atoms with Crippen molar-refractivity contribution >= 4 is 28.2 Å². The monoisotopic (exact) mass is 431 g/mol. The predicted molar refractivity (Wildman–Crippen MR) is 113 cm³/mol. The minimum Gasteiger partial charge on any atom is -0.393 e. The molecule has 2 heterocycles. The summed E-state index contributed by atoms with van der Waals surface area (Å²) in [6.45, 7) is 1.86. The first-order valence-corrected chi connectivity index (χ1v) is 10.7. The van der Waals surface area contributed by atoms with Crippen LogP contribution in [0.4, 0.5) is 25.7 Å². The van der Waals surface area contributed by atoms with E-state index < -0.39 is 11.6 Å². The number of aromatic nitrogens is 3. The van der Waals surface area contributed by atoms with E-state index in [9.17, 15) is 5.11 Å². The first kappa shape index (κ1) is 20.6. The van der Waals surface area contributed by atoms with Crippen molar-refractivity contribution < 1.29 is 13.9 Å². The third-order valence-electron chi connectivity index (χ3n) is 5.07. The van der Waals surface area contributed by atoms with E-state index in [2.05, 4.69) is 25.6 Å². The van der Waals surface area contributed by atoms with Crippen LogP contribution in [0.1, 0.15) is 42.6 Å². The SMILES string of the molecule is Cc1csc(Nc2cc(C(F)(F)c3ccccc3)nc(NC3CCC(O)CC3)n2)n1. The third kappa shape index (κ3) is 4.73. The van der Waals surface area contributed by atoms with E-state index >= 15 is 8.78 Å². The highest BCUT2D eigenvalue weighted by Gasteiger charge is 2.37. The molecule has 158 valence electrons. The van der Waals surface area contributed by atoms with Crippen molar-refractivity contribution in [3.8, 4) is 0 Å². The maximum absolute atomic E-state index is 15.2. The van der Waals surface area contributed by atoms with E-state index in [1.165, 1.54) is 29.5 Å². The number of aliphatic hydroxyl groups is 1. The van der Waals surface area contributed by atoms with Gasteiger partial charge in [0, 0.05) is 23.1 Å². The summed E-state index contributed by atoms with van der Waals surface area (Å²) in [7, 11) is 0. The standard InChI is InChI=1S/C21H23F2N5OS/c1-13-12-30-20(24-13)28-18-11-17(21(22,23)14-5-3-2-4-6-14)26-19(27-18)25-15-7-9-16(29)10-8-15/h2-6,11-12,15-16,29H,7-10H2,1H3,(H2,24,25,26,27,28). The fourth-order valence-corrected chi connectivity index (χ4v) is 4.15. The van der Waals surface area contributed by atoms with Gasteiger partial charge in [0.1, 0.15) is 11.5 Å². The number of alkyl halides is 2. The zero-order valence-electron chi connectivity index (χ0n) is 16.5. The number of hydrogen-bond donors (Lipinski definition) is 3. The first-order chi connectivity index (χ1) is 14.4. The molecule has 6 nitrogen and oxygen atoms in total. The Morgan fingerprint density at radius 3 is 2.47 bits per heavy atom. The van der Waals surface area contributed by atoms with Crippen LogP contribution in [0.2, 0.25) is 0 Å². The largest absolute Gasteiger partial charge is 0.393 e. The molecule has 3 N–H and O–H groups in total. The predicted octanol–water partition coefficient (Wildman–Crippen LogP) is 4.84. The molecule has 0 spiro atoms. The number of aliphatic hydroxyl groups excluding tert-OH is 1. The number of thiazole rings is 1. The van der Waals surface area contributed by atoms with Gasteiger partial charge in [0.05, 0.1) is 11.8 Å². The Morgan fingerprint density at radius 1 is 1.07 bits per heavy atom. The summed E-state index contributed by atoms with van der Waals surface area (Å²) in [5, 5.41) is 18.3. The molecule has 1 fully saturated rings. The highest BCUT2D eigenvalue weighted by molar-refractivity contribution is 7.13. The molecule has 3 aromatic rings. The zero-order chi connectivity index (χ0) is 21.1. The molecule has 0 atom stereocenters. The summed E-state index contributed by atoms with van der Waals surface area (Å²) < 4.78 is 30.5. The van der Waals surface area contributed by atoms with Crippen LogP contribution in [0.25, 0.3) is 0 Å². The van der Waals surface area contributed by atoms with Crippen molar-refractivity contribution in [3.05, 3.63) is 58.7 Å². The quantitative estimate of drug-likeness (QED) is 0.518. The highest BCUT2D eigenvalue weighted by atomic mass is 32.1. The van der Waals surface area contributed by atoms with Crippen LogP contribution in [0.5, 0.6) is 0 Å². The minimum atomic E-state index is -3.28. The van der Waals surface area contributed by atoms with Gasteiger partial charge in [-0.15, -0.1) is 11.3 Å². The van der Waals surface area contributed by atoms with Gasteiger partial charge in [0.15, 0.2) is 5.13 Å². The Balaban J connectivity index is 1.66. The molecule has 0 amide bonds. The molecule has 4 rings (SSSR count). The molecule has 0 unspecified atom stereocenters. The molecule has 2 aromatic heterocycles. The molecule has 0 saturated heterocycles. The van der Waals surface area contributed by atoms with Gasteiger partial charge >= 0.3 is 5.92 Å². The van der Waals surface area contributed by atoms with Crippen molar-refractivity contribution in [2.45, 2.75) is 50.7 Å². The van der Waals surface area contributed by atoms with Gasteiger partial charge in [0.2, 0.25) is 5.95 Å². The summed E-state index contributed by atoms with van der Waals surface area (Å²) in [6.07, 6.45) is 2.50. The molecule has 30 heavy (non-hydrogen) atoms. The lowest BCUT2D eigenvalue weighted by atomic mass is 9.93. The summed E-state index contributed by atoms with van der Waals surface area (Å²) in [5.74, 6) is -2.89. The number of halogens is 2. The Hall–Kier alpha value is -2.65. The van der Waals surface area contributed by atoms with Gasteiger partial charge < -0.3 is 15.7 Å². The Kier molecular flexibility index (Phi) is 5.92. The highest BCUT2D eigenvalue weighted by Crippen LogP contribution is 2.36. The fourth-order valence-electron chi connectivity index (χ4n) is 3.46. The first-order valence-electron chi connectivity index (χ1n) is 9.87. The van der Waals surface area contributed by atoms with E-state index in [-0.39, 0.29) is 29.5 Å². The molecule has 0 radical (unpaired) electrons. The van der Waals surface area contributed by atoms with Gasteiger partial charge in [-0.3, -0.25) is 0 Å². The summed E-state index contributed by atoms with van der Waals surface area (Å²) >= 11 is 1.38.